The quantitative estimate of drug-likeness (QED) is 0.671. The Hall–Kier alpha value is -3.07. The highest BCUT2D eigenvalue weighted by Gasteiger charge is 2.32. The van der Waals surface area contributed by atoms with E-state index in [-0.39, 0.29) is 12.5 Å². The third kappa shape index (κ3) is 4.25. The molecule has 28 heavy (non-hydrogen) atoms. The lowest BCUT2D eigenvalue weighted by Crippen LogP contribution is -2.59. The number of carbonyl (C=O) groups excluding carboxylic acids is 2. The molecular formula is C19H26N6O3. The number of carbonyl (C=O) groups is 2. The van der Waals surface area contributed by atoms with E-state index in [1.807, 2.05) is 43.0 Å². The summed E-state index contributed by atoms with van der Waals surface area (Å²) >= 11 is 0. The Balaban J connectivity index is 1.65. The summed E-state index contributed by atoms with van der Waals surface area (Å²) in [6.07, 6.45) is 0. The van der Waals surface area contributed by atoms with Crippen LogP contribution in [0.2, 0.25) is 0 Å². The Kier molecular flexibility index (Phi) is 5.84. The average molecular weight is 386 g/mol. The van der Waals surface area contributed by atoms with Gasteiger partial charge in [-0.25, -0.2) is 0 Å². The second-order valence-electron chi connectivity index (χ2n) is 6.89. The molecule has 0 aliphatic carbocycles. The summed E-state index contributed by atoms with van der Waals surface area (Å²) in [5.41, 5.74) is 8.81. The summed E-state index contributed by atoms with van der Waals surface area (Å²) in [5.74, 6) is 0.133. The molecule has 2 heterocycles. The van der Waals surface area contributed by atoms with Crippen molar-refractivity contribution in [2.24, 2.45) is 5.73 Å². The third-order valence-electron chi connectivity index (χ3n) is 5.00. The first-order valence-electron chi connectivity index (χ1n) is 9.13. The van der Waals surface area contributed by atoms with Crippen molar-refractivity contribution in [2.45, 2.75) is 19.9 Å². The lowest BCUT2D eigenvalue weighted by molar-refractivity contribution is -0.125. The number of ether oxygens (including phenoxy) is 1. The number of amides is 2. The van der Waals surface area contributed by atoms with Gasteiger partial charge in [-0.3, -0.25) is 19.6 Å². The maximum atomic E-state index is 12.5. The number of methoxy groups -OCH3 is 1. The van der Waals surface area contributed by atoms with Crippen LogP contribution in [0.5, 0.6) is 5.75 Å². The number of hydrogen-bond acceptors (Lipinski definition) is 6. The summed E-state index contributed by atoms with van der Waals surface area (Å²) in [6.45, 7) is 5.42. The number of primary amides is 1. The molecule has 150 valence electrons. The van der Waals surface area contributed by atoms with Crippen LogP contribution in [0.3, 0.4) is 0 Å². The minimum Gasteiger partial charge on any atom is -0.497 e. The molecule has 1 aliphatic heterocycles. The topological polar surface area (TPSA) is 117 Å². The zero-order valence-electron chi connectivity index (χ0n) is 16.4. The van der Waals surface area contributed by atoms with Gasteiger partial charge < -0.3 is 20.7 Å². The van der Waals surface area contributed by atoms with E-state index < -0.39 is 11.9 Å². The van der Waals surface area contributed by atoms with E-state index in [1.54, 1.807) is 7.11 Å². The number of nitrogens with one attached hydrogen (secondary N) is 2. The largest absolute Gasteiger partial charge is 0.497 e. The van der Waals surface area contributed by atoms with Crippen molar-refractivity contribution in [3.63, 3.8) is 0 Å². The van der Waals surface area contributed by atoms with Crippen LogP contribution in [-0.2, 0) is 9.59 Å². The van der Waals surface area contributed by atoms with Gasteiger partial charge in [0.15, 0.2) is 0 Å². The highest BCUT2D eigenvalue weighted by molar-refractivity contribution is 5.94. The zero-order chi connectivity index (χ0) is 20.3. The van der Waals surface area contributed by atoms with Gasteiger partial charge >= 0.3 is 0 Å². The molecule has 9 heteroatoms. The first kappa shape index (κ1) is 19.7. The predicted molar refractivity (Wildman–Crippen MR) is 106 cm³/mol. The highest BCUT2D eigenvalue weighted by atomic mass is 16.5. The molecule has 1 aliphatic rings. The first-order chi connectivity index (χ1) is 13.4. The van der Waals surface area contributed by atoms with Gasteiger partial charge in [0, 0.05) is 25.3 Å². The van der Waals surface area contributed by atoms with Gasteiger partial charge in [0.1, 0.15) is 11.8 Å². The SMILES string of the molecule is COc1ccc(N2CCN(CC(=O)Nc3c(C)n[nH]c3C)[C@@H](C(N)=O)C2)cc1. The van der Waals surface area contributed by atoms with Crippen LogP contribution in [0, 0.1) is 13.8 Å². The van der Waals surface area contributed by atoms with E-state index >= 15 is 0 Å². The molecule has 1 atom stereocenters. The van der Waals surface area contributed by atoms with E-state index in [4.69, 9.17) is 10.5 Å². The van der Waals surface area contributed by atoms with E-state index in [1.165, 1.54) is 0 Å². The number of H-pyrrole nitrogens is 1. The van der Waals surface area contributed by atoms with E-state index in [0.717, 1.165) is 22.8 Å². The molecule has 2 aromatic rings. The van der Waals surface area contributed by atoms with Crippen molar-refractivity contribution in [1.82, 2.24) is 15.1 Å². The van der Waals surface area contributed by atoms with Crippen LogP contribution in [0.15, 0.2) is 24.3 Å². The lowest BCUT2D eigenvalue weighted by atomic mass is 10.1. The van der Waals surface area contributed by atoms with Gasteiger partial charge in [-0.2, -0.15) is 5.10 Å². The summed E-state index contributed by atoms with van der Waals surface area (Å²) in [7, 11) is 1.62. The summed E-state index contributed by atoms with van der Waals surface area (Å²) in [6, 6.07) is 7.11. The van der Waals surface area contributed by atoms with Gasteiger partial charge in [-0.1, -0.05) is 0 Å². The number of anilines is 2. The highest BCUT2D eigenvalue weighted by Crippen LogP contribution is 2.22. The number of rotatable bonds is 6. The zero-order valence-corrected chi connectivity index (χ0v) is 16.4. The normalized spacial score (nSPS) is 17.4. The minimum atomic E-state index is -0.548. The minimum absolute atomic E-state index is 0.0914. The molecule has 0 bridgehead atoms. The maximum absolute atomic E-state index is 12.5. The molecule has 1 aromatic carbocycles. The fraction of sp³-hybridized carbons (Fsp3) is 0.421. The standard InChI is InChI=1S/C19H26N6O3/c1-12-18(13(2)23-22-12)21-17(26)11-25-9-8-24(10-16(25)19(20)27)14-4-6-15(28-3)7-5-14/h4-7,16H,8-11H2,1-3H3,(H2,20,27)(H,21,26)(H,22,23)/t16-/m1/s1. The van der Waals surface area contributed by atoms with E-state index in [9.17, 15) is 9.59 Å². The number of nitrogens with two attached hydrogens (primary N) is 1. The number of aryl methyl sites for hydroxylation is 2. The summed E-state index contributed by atoms with van der Waals surface area (Å²) in [5, 5.41) is 9.78. The molecule has 4 N–H and O–H groups in total. The molecule has 2 amide bonds. The summed E-state index contributed by atoms with van der Waals surface area (Å²) < 4.78 is 5.18. The Morgan fingerprint density at radius 2 is 2.00 bits per heavy atom. The number of nitrogens with zero attached hydrogens (tertiary/aromatic N) is 3. The maximum Gasteiger partial charge on any atom is 0.238 e. The van der Waals surface area contributed by atoms with Crippen molar-refractivity contribution in [3.05, 3.63) is 35.7 Å². The average Bonchev–Trinajstić information content (AvgIpc) is 3.00. The third-order valence-corrected chi connectivity index (χ3v) is 5.00. The van der Waals surface area contributed by atoms with Crippen molar-refractivity contribution in [1.29, 1.82) is 0 Å². The molecule has 1 aromatic heterocycles. The molecule has 1 saturated heterocycles. The van der Waals surface area contributed by atoms with Gasteiger partial charge in [0.2, 0.25) is 11.8 Å². The number of aromatic amines is 1. The Morgan fingerprint density at radius 3 is 2.57 bits per heavy atom. The lowest BCUT2D eigenvalue weighted by Gasteiger charge is -2.40. The summed E-state index contributed by atoms with van der Waals surface area (Å²) in [4.78, 5) is 28.4. The smallest absolute Gasteiger partial charge is 0.238 e. The van der Waals surface area contributed by atoms with Crippen LogP contribution in [0.1, 0.15) is 11.4 Å². The van der Waals surface area contributed by atoms with Gasteiger partial charge in [0.05, 0.1) is 30.7 Å². The molecule has 3 rings (SSSR count). The van der Waals surface area contributed by atoms with Crippen molar-refractivity contribution in [2.75, 3.05) is 43.5 Å². The van der Waals surface area contributed by atoms with Crippen LogP contribution in [0.25, 0.3) is 0 Å². The Labute approximate surface area is 163 Å². The molecule has 9 nitrogen and oxygen atoms in total. The van der Waals surface area contributed by atoms with Crippen molar-refractivity contribution in [3.8, 4) is 5.75 Å². The number of benzene rings is 1. The van der Waals surface area contributed by atoms with Crippen LogP contribution in [-0.4, -0.2) is 66.2 Å². The van der Waals surface area contributed by atoms with Gasteiger partial charge in [-0.15, -0.1) is 0 Å². The molecular weight excluding hydrogens is 360 g/mol. The van der Waals surface area contributed by atoms with E-state index in [2.05, 4.69) is 20.4 Å². The Bertz CT molecular complexity index is 828. The number of aromatic nitrogens is 2. The monoisotopic (exact) mass is 386 g/mol. The van der Waals surface area contributed by atoms with Crippen molar-refractivity contribution >= 4 is 23.2 Å². The van der Waals surface area contributed by atoms with Gasteiger partial charge in [-0.05, 0) is 38.1 Å². The number of hydrogen-bond donors (Lipinski definition) is 3. The second-order valence-corrected chi connectivity index (χ2v) is 6.89. The predicted octanol–water partition coefficient (Wildman–Crippen LogP) is 0.650. The number of piperazine rings is 1. The molecule has 1 fully saturated rings. The Morgan fingerprint density at radius 1 is 1.29 bits per heavy atom. The van der Waals surface area contributed by atoms with Crippen LogP contribution < -0.4 is 20.7 Å². The molecule has 0 saturated carbocycles. The molecule has 0 spiro atoms. The van der Waals surface area contributed by atoms with Crippen LogP contribution >= 0.6 is 0 Å². The first-order valence-corrected chi connectivity index (χ1v) is 9.13. The van der Waals surface area contributed by atoms with Gasteiger partial charge in [0.25, 0.3) is 0 Å². The van der Waals surface area contributed by atoms with Crippen molar-refractivity contribution < 1.29 is 14.3 Å². The molecule has 0 unspecified atom stereocenters. The fourth-order valence-corrected chi connectivity index (χ4v) is 3.41. The van der Waals surface area contributed by atoms with Crippen LogP contribution in [0.4, 0.5) is 11.4 Å². The van der Waals surface area contributed by atoms with E-state index in [0.29, 0.717) is 25.3 Å². The second kappa shape index (κ2) is 8.30. The molecule has 0 radical (unpaired) electrons. The fourth-order valence-electron chi connectivity index (χ4n) is 3.41.